The molecular weight excluding hydrogens is 274 g/mol. The van der Waals surface area contributed by atoms with Crippen molar-refractivity contribution in [1.82, 2.24) is 15.2 Å². The zero-order chi connectivity index (χ0) is 15.5. The fraction of sp³-hybridized carbons (Fsp3) is 0.500. The topological polar surface area (TPSA) is 48.1 Å². The number of carbonyl (C=O) groups excluding carboxylic acids is 1. The van der Waals surface area contributed by atoms with Crippen LogP contribution in [0.1, 0.15) is 36.8 Å². The highest BCUT2D eigenvalue weighted by molar-refractivity contribution is 5.87. The molecule has 0 saturated heterocycles. The van der Waals surface area contributed by atoms with E-state index in [1.807, 2.05) is 6.92 Å². The van der Waals surface area contributed by atoms with Gasteiger partial charge < -0.3 is 15.2 Å². The van der Waals surface area contributed by atoms with E-state index in [4.69, 9.17) is 0 Å². The Kier molecular flexibility index (Phi) is 4.48. The van der Waals surface area contributed by atoms with E-state index in [2.05, 4.69) is 46.6 Å². The van der Waals surface area contributed by atoms with E-state index < -0.39 is 0 Å². The molecule has 22 heavy (non-hydrogen) atoms. The lowest BCUT2D eigenvalue weighted by Gasteiger charge is -2.27. The number of likely N-dealkylation sites (N-methyl/N-ethyl adjacent to an activating group) is 1. The van der Waals surface area contributed by atoms with E-state index in [9.17, 15) is 4.79 Å². The quantitative estimate of drug-likeness (QED) is 0.912. The standard InChI is InChI=1S/C18H25N3O/c1-3-19-17(22)8-7-14-12-21(2)10-9-13-11-20-16-6-4-5-15(14)18(13)16/h4-6,11,14,20H,3,7-10,12H2,1-2H3,(H,19,22). The summed E-state index contributed by atoms with van der Waals surface area (Å²) in [6, 6.07) is 6.51. The first-order valence-corrected chi connectivity index (χ1v) is 8.23. The maximum absolute atomic E-state index is 11.8. The van der Waals surface area contributed by atoms with Crippen molar-refractivity contribution in [3.8, 4) is 0 Å². The van der Waals surface area contributed by atoms with E-state index in [1.54, 1.807) is 0 Å². The van der Waals surface area contributed by atoms with Gasteiger partial charge in [0.2, 0.25) is 5.91 Å². The summed E-state index contributed by atoms with van der Waals surface area (Å²) in [4.78, 5) is 17.6. The molecule has 2 heterocycles. The Bertz CT molecular complexity index is 661. The van der Waals surface area contributed by atoms with Crippen LogP contribution in [0.25, 0.3) is 10.9 Å². The van der Waals surface area contributed by atoms with Crippen molar-refractivity contribution in [1.29, 1.82) is 0 Å². The summed E-state index contributed by atoms with van der Waals surface area (Å²) >= 11 is 0. The first-order valence-electron chi connectivity index (χ1n) is 8.23. The number of aromatic nitrogens is 1. The molecule has 0 spiro atoms. The SMILES string of the molecule is CCNC(=O)CCC1CN(C)CCc2c[nH]c3cccc1c23. The third-order valence-corrected chi connectivity index (χ3v) is 4.65. The Morgan fingerprint density at radius 1 is 1.45 bits per heavy atom. The number of carbonyl (C=O) groups is 1. The molecule has 2 aromatic rings. The summed E-state index contributed by atoms with van der Waals surface area (Å²) < 4.78 is 0. The Morgan fingerprint density at radius 3 is 3.14 bits per heavy atom. The largest absolute Gasteiger partial charge is 0.361 e. The van der Waals surface area contributed by atoms with Crippen LogP contribution in [-0.4, -0.2) is 42.5 Å². The van der Waals surface area contributed by atoms with Gasteiger partial charge in [-0.1, -0.05) is 12.1 Å². The molecule has 1 atom stereocenters. The van der Waals surface area contributed by atoms with Crippen LogP contribution in [0.5, 0.6) is 0 Å². The molecule has 1 aliphatic heterocycles. The summed E-state index contributed by atoms with van der Waals surface area (Å²) in [7, 11) is 2.18. The van der Waals surface area contributed by atoms with Gasteiger partial charge in [-0.3, -0.25) is 4.79 Å². The Balaban J connectivity index is 1.91. The molecule has 1 amide bonds. The van der Waals surface area contributed by atoms with Crippen molar-refractivity contribution < 1.29 is 4.79 Å². The summed E-state index contributed by atoms with van der Waals surface area (Å²) in [5, 5.41) is 4.29. The third kappa shape index (κ3) is 3.02. The number of aromatic amines is 1. The minimum atomic E-state index is 0.161. The lowest BCUT2D eigenvalue weighted by Crippen LogP contribution is -2.30. The van der Waals surface area contributed by atoms with Gasteiger partial charge in [0.15, 0.2) is 0 Å². The van der Waals surface area contributed by atoms with Crippen LogP contribution in [0, 0.1) is 0 Å². The number of amides is 1. The first kappa shape index (κ1) is 15.1. The highest BCUT2D eigenvalue weighted by atomic mass is 16.1. The Labute approximate surface area is 131 Å². The van der Waals surface area contributed by atoms with E-state index in [-0.39, 0.29) is 5.91 Å². The molecule has 1 aromatic carbocycles. The van der Waals surface area contributed by atoms with E-state index in [0.29, 0.717) is 18.9 Å². The molecule has 1 aromatic heterocycles. The zero-order valence-corrected chi connectivity index (χ0v) is 13.5. The van der Waals surface area contributed by atoms with Gasteiger partial charge in [-0.2, -0.15) is 0 Å². The second kappa shape index (κ2) is 6.53. The van der Waals surface area contributed by atoms with Crippen LogP contribution >= 0.6 is 0 Å². The predicted octanol–water partition coefficient (Wildman–Crippen LogP) is 2.66. The minimum Gasteiger partial charge on any atom is -0.361 e. The maximum atomic E-state index is 11.8. The number of nitrogens with one attached hydrogen (secondary N) is 2. The number of nitrogens with zero attached hydrogens (tertiary/aromatic N) is 1. The normalized spacial score (nSPS) is 18.9. The van der Waals surface area contributed by atoms with Crippen LogP contribution in [0.2, 0.25) is 0 Å². The van der Waals surface area contributed by atoms with Crippen LogP contribution < -0.4 is 5.32 Å². The number of hydrogen-bond donors (Lipinski definition) is 2. The highest BCUT2D eigenvalue weighted by Gasteiger charge is 2.22. The molecule has 0 radical (unpaired) electrons. The van der Waals surface area contributed by atoms with Gasteiger partial charge in [-0.05, 0) is 49.9 Å². The molecule has 1 aliphatic rings. The molecule has 1 unspecified atom stereocenters. The fourth-order valence-corrected chi connectivity index (χ4v) is 3.54. The van der Waals surface area contributed by atoms with Crippen molar-refractivity contribution in [2.45, 2.75) is 32.1 Å². The van der Waals surface area contributed by atoms with Gasteiger partial charge >= 0.3 is 0 Å². The van der Waals surface area contributed by atoms with Crippen molar-refractivity contribution in [2.75, 3.05) is 26.7 Å². The molecule has 2 N–H and O–H groups in total. The second-order valence-corrected chi connectivity index (χ2v) is 6.29. The maximum Gasteiger partial charge on any atom is 0.220 e. The lowest BCUT2D eigenvalue weighted by molar-refractivity contribution is -0.121. The molecule has 0 saturated carbocycles. The number of rotatable bonds is 4. The summed E-state index contributed by atoms with van der Waals surface area (Å²) in [5.74, 6) is 0.569. The lowest BCUT2D eigenvalue weighted by atomic mass is 9.88. The van der Waals surface area contributed by atoms with Crippen molar-refractivity contribution in [2.24, 2.45) is 0 Å². The van der Waals surface area contributed by atoms with Crippen LogP contribution in [0.3, 0.4) is 0 Å². The molecule has 0 aliphatic carbocycles. The average molecular weight is 299 g/mol. The van der Waals surface area contributed by atoms with E-state index in [1.165, 1.54) is 22.0 Å². The Hall–Kier alpha value is -1.81. The molecule has 118 valence electrons. The number of H-pyrrole nitrogens is 1. The van der Waals surface area contributed by atoms with E-state index in [0.717, 1.165) is 25.9 Å². The summed E-state index contributed by atoms with van der Waals surface area (Å²) in [6.45, 7) is 4.76. The minimum absolute atomic E-state index is 0.161. The van der Waals surface area contributed by atoms with Crippen LogP contribution in [0.4, 0.5) is 0 Å². The Morgan fingerprint density at radius 2 is 2.32 bits per heavy atom. The van der Waals surface area contributed by atoms with Crippen LogP contribution in [0.15, 0.2) is 24.4 Å². The molecule has 4 heteroatoms. The fourth-order valence-electron chi connectivity index (χ4n) is 3.54. The molecular formula is C18H25N3O. The second-order valence-electron chi connectivity index (χ2n) is 6.29. The predicted molar refractivity (Wildman–Crippen MR) is 90.2 cm³/mol. The average Bonchev–Trinajstić information content (AvgIpc) is 2.91. The van der Waals surface area contributed by atoms with Gasteiger partial charge in [-0.25, -0.2) is 0 Å². The highest BCUT2D eigenvalue weighted by Crippen LogP contribution is 2.33. The monoisotopic (exact) mass is 299 g/mol. The smallest absolute Gasteiger partial charge is 0.220 e. The molecule has 4 nitrogen and oxygen atoms in total. The summed E-state index contributed by atoms with van der Waals surface area (Å²) in [6.07, 6.45) is 4.73. The molecule has 0 bridgehead atoms. The zero-order valence-electron chi connectivity index (χ0n) is 13.5. The number of benzene rings is 1. The molecule has 3 rings (SSSR count). The van der Waals surface area contributed by atoms with Crippen LogP contribution in [-0.2, 0) is 11.2 Å². The first-order chi connectivity index (χ1) is 10.7. The van der Waals surface area contributed by atoms with Crippen molar-refractivity contribution in [3.63, 3.8) is 0 Å². The van der Waals surface area contributed by atoms with Gasteiger partial charge in [-0.15, -0.1) is 0 Å². The third-order valence-electron chi connectivity index (χ3n) is 4.65. The molecule has 0 fully saturated rings. The van der Waals surface area contributed by atoms with E-state index >= 15 is 0 Å². The van der Waals surface area contributed by atoms with Gasteiger partial charge in [0, 0.05) is 43.2 Å². The van der Waals surface area contributed by atoms with Crippen molar-refractivity contribution >= 4 is 16.8 Å². The van der Waals surface area contributed by atoms with Crippen molar-refractivity contribution in [3.05, 3.63) is 35.5 Å². The van der Waals surface area contributed by atoms with Gasteiger partial charge in [0.1, 0.15) is 0 Å². The number of hydrogen-bond acceptors (Lipinski definition) is 2. The van der Waals surface area contributed by atoms with Gasteiger partial charge in [0.05, 0.1) is 0 Å². The summed E-state index contributed by atoms with van der Waals surface area (Å²) in [5.41, 5.74) is 4.02. The van der Waals surface area contributed by atoms with Gasteiger partial charge in [0.25, 0.3) is 0 Å².